The summed E-state index contributed by atoms with van der Waals surface area (Å²) in [6.07, 6.45) is 1.71. The minimum absolute atomic E-state index is 0.542. The van der Waals surface area contributed by atoms with Crippen LogP contribution in [-0.4, -0.2) is 31.3 Å². The SMILES string of the molecule is Cc1csc(/C(C#N)=C/Nc2ccc(N3CCOCC3)cc2)n1. The summed E-state index contributed by atoms with van der Waals surface area (Å²) in [7, 11) is 0. The number of anilines is 2. The molecule has 3 rings (SSSR count). The van der Waals surface area contributed by atoms with Crippen LogP contribution in [0.2, 0.25) is 0 Å². The van der Waals surface area contributed by atoms with Crippen LogP contribution in [0.4, 0.5) is 11.4 Å². The van der Waals surface area contributed by atoms with Crippen molar-refractivity contribution >= 4 is 28.3 Å². The smallest absolute Gasteiger partial charge is 0.135 e. The molecule has 0 unspecified atom stereocenters. The first-order valence-electron chi connectivity index (χ1n) is 7.48. The number of nitrogens with zero attached hydrogens (tertiary/aromatic N) is 3. The van der Waals surface area contributed by atoms with Crippen molar-refractivity contribution in [2.75, 3.05) is 36.5 Å². The van der Waals surface area contributed by atoms with Gasteiger partial charge >= 0.3 is 0 Å². The molecule has 5 nitrogen and oxygen atoms in total. The molecule has 0 radical (unpaired) electrons. The third-order valence-electron chi connectivity index (χ3n) is 3.60. The number of ether oxygens (including phenoxy) is 1. The molecule has 0 spiro atoms. The second-order valence-electron chi connectivity index (χ2n) is 5.25. The van der Waals surface area contributed by atoms with E-state index >= 15 is 0 Å². The van der Waals surface area contributed by atoms with E-state index < -0.39 is 0 Å². The van der Waals surface area contributed by atoms with Crippen LogP contribution in [0.5, 0.6) is 0 Å². The Balaban J connectivity index is 1.68. The maximum Gasteiger partial charge on any atom is 0.135 e. The van der Waals surface area contributed by atoms with Crippen molar-refractivity contribution in [3.8, 4) is 6.07 Å². The Morgan fingerprint density at radius 1 is 1.35 bits per heavy atom. The molecule has 23 heavy (non-hydrogen) atoms. The largest absolute Gasteiger partial charge is 0.378 e. The summed E-state index contributed by atoms with van der Waals surface area (Å²) in [5, 5.41) is 15.1. The van der Waals surface area contributed by atoms with Gasteiger partial charge in [-0.15, -0.1) is 11.3 Å². The summed E-state index contributed by atoms with van der Waals surface area (Å²) < 4.78 is 5.37. The first kappa shape index (κ1) is 15.5. The van der Waals surface area contributed by atoms with Crippen LogP contribution in [0.25, 0.3) is 5.57 Å². The van der Waals surface area contributed by atoms with E-state index in [2.05, 4.69) is 33.4 Å². The molecular weight excluding hydrogens is 308 g/mol. The minimum Gasteiger partial charge on any atom is -0.378 e. The monoisotopic (exact) mass is 326 g/mol. The standard InChI is InChI=1S/C17H18N4OS/c1-13-12-23-17(20-13)14(10-18)11-19-15-2-4-16(5-3-15)21-6-8-22-9-7-21/h2-5,11-12,19H,6-9H2,1H3/b14-11+. The van der Waals surface area contributed by atoms with Crippen LogP contribution in [0.15, 0.2) is 35.8 Å². The lowest BCUT2D eigenvalue weighted by molar-refractivity contribution is 0.122. The van der Waals surface area contributed by atoms with E-state index in [0.29, 0.717) is 5.57 Å². The van der Waals surface area contributed by atoms with E-state index in [4.69, 9.17) is 4.74 Å². The van der Waals surface area contributed by atoms with Crippen molar-refractivity contribution in [3.05, 3.63) is 46.5 Å². The Hall–Kier alpha value is -2.36. The van der Waals surface area contributed by atoms with Gasteiger partial charge in [0.25, 0.3) is 0 Å². The van der Waals surface area contributed by atoms with Crippen molar-refractivity contribution in [3.63, 3.8) is 0 Å². The lowest BCUT2D eigenvalue weighted by atomic mass is 10.2. The molecular formula is C17H18N4OS. The second kappa shape index (κ2) is 7.27. The molecule has 1 N–H and O–H groups in total. The molecule has 0 atom stereocenters. The molecule has 0 bridgehead atoms. The fourth-order valence-corrected chi connectivity index (χ4v) is 3.13. The number of nitrogens with one attached hydrogen (secondary N) is 1. The molecule has 1 saturated heterocycles. The fourth-order valence-electron chi connectivity index (χ4n) is 2.37. The van der Waals surface area contributed by atoms with Crippen molar-refractivity contribution in [1.29, 1.82) is 5.26 Å². The third kappa shape index (κ3) is 3.89. The van der Waals surface area contributed by atoms with Gasteiger partial charge in [0.05, 0.1) is 13.2 Å². The minimum atomic E-state index is 0.542. The van der Waals surface area contributed by atoms with Crippen LogP contribution in [-0.2, 0) is 4.74 Å². The summed E-state index contributed by atoms with van der Waals surface area (Å²) >= 11 is 1.48. The predicted octanol–water partition coefficient (Wildman–Crippen LogP) is 3.26. The van der Waals surface area contributed by atoms with Gasteiger partial charge in [0.15, 0.2) is 0 Å². The molecule has 1 aromatic carbocycles. The van der Waals surface area contributed by atoms with E-state index in [1.54, 1.807) is 6.20 Å². The van der Waals surface area contributed by atoms with Crippen molar-refractivity contribution in [2.45, 2.75) is 6.92 Å². The molecule has 1 aromatic heterocycles. The molecule has 0 amide bonds. The molecule has 2 aromatic rings. The number of nitriles is 1. The van der Waals surface area contributed by atoms with E-state index in [0.717, 1.165) is 42.7 Å². The lowest BCUT2D eigenvalue weighted by Gasteiger charge is -2.28. The number of rotatable bonds is 4. The molecule has 2 heterocycles. The summed E-state index contributed by atoms with van der Waals surface area (Å²) in [5.74, 6) is 0. The maximum absolute atomic E-state index is 9.27. The van der Waals surface area contributed by atoms with Crippen LogP contribution in [0.3, 0.4) is 0 Å². The number of aryl methyl sites for hydroxylation is 1. The molecule has 1 aliphatic rings. The van der Waals surface area contributed by atoms with Crippen molar-refractivity contribution in [2.24, 2.45) is 0 Å². The van der Waals surface area contributed by atoms with Crippen molar-refractivity contribution in [1.82, 2.24) is 4.98 Å². The Bertz CT molecular complexity index is 724. The predicted molar refractivity (Wildman–Crippen MR) is 93.5 cm³/mol. The normalized spacial score (nSPS) is 15.3. The maximum atomic E-state index is 9.27. The lowest BCUT2D eigenvalue weighted by Crippen LogP contribution is -2.36. The van der Waals surface area contributed by atoms with Crippen molar-refractivity contribution < 1.29 is 4.74 Å². The highest BCUT2D eigenvalue weighted by Crippen LogP contribution is 2.21. The Kier molecular flexibility index (Phi) is 4.91. The number of aromatic nitrogens is 1. The van der Waals surface area contributed by atoms with Gasteiger partial charge < -0.3 is 15.0 Å². The third-order valence-corrected chi connectivity index (χ3v) is 4.59. The first-order valence-corrected chi connectivity index (χ1v) is 8.36. The highest BCUT2D eigenvalue weighted by atomic mass is 32.1. The van der Waals surface area contributed by atoms with Crippen LogP contribution < -0.4 is 10.2 Å². The number of benzene rings is 1. The number of thiazole rings is 1. The van der Waals surface area contributed by atoms with E-state index in [1.807, 2.05) is 24.4 Å². The zero-order valence-electron chi connectivity index (χ0n) is 13.0. The zero-order chi connectivity index (χ0) is 16.1. The highest BCUT2D eigenvalue weighted by Gasteiger charge is 2.10. The van der Waals surface area contributed by atoms with Crippen LogP contribution in [0, 0.1) is 18.3 Å². The Labute approximate surface area is 139 Å². The molecule has 1 fully saturated rings. The Morgan fingerprint density at radius 3 is 2.70 bits per heavy atom. The summed E-state index contributed by atoms with van der Waals surface area (Å²) in [6, 6.07) is 10.4. The average molecular weight is 326 g/mol. The van der Waals surface area contributed by atoms with Gasteiger partial charge in [0.1, 0.15) is 16.6 Å². The van der Waals surface area contributed by atoms with Gasteiger partial charge in [-0.05, 0) is 31.2 Å². The van der Waals surface area contributed by atoms with E-state index in [-0.39, 0.29) is 0 Å². The van der Waals surface area contributed by atoms with Gasteiger partial charge in [-0.1, -0.05) is 0 Å². The average Bonchev–Trinajstić information content (AvgIpc) is 3.03. The van der Waals surface area contributed by atoms with Gasteiger partial charge in [0.2, 0.25) is 0 Å². The quantitative estimate of drug-likeness (QED) is 0.874. The van der Waals surface area contributed by atoms with Gasteiger partial charge in [-0.3, -0.25) is 0 Å². The molecule has 1 aliphatic heterocycles. The first-order chi connectivity index (χ1) is 11.3. The van der Waals surface area contributed by atoms with Gasteiger partial charge in [-0.2, -0.15) is 5.26 Å². The summed E-state index contributed by atoms with van der Waals surface area (Å²) in [6.45, 7) is 5.33. The fraction of sp³-hybridized carbons (Fsp3) is 0.294. The molecule has 0 saturated carbocycles. The number of morpholine rings is 1. The number of hydrogen-bond acceptors (Lipinski definition) is 6. The Morgan fingerprint density at radius 2 is 2.09 bits per heavy atom. The molecule has 6 heteroatoms. The summed E-state index contributed by atoms with van der Waals surface area (Å²) in [4.78, 5) is 6.65. The topological polar surface area (TPSA) is 61.2 Å². The van der Waals surface area contributed by atoms with E-state index in [1.165, 1.54) is 17.0 Å². The molecule has 118 valence electrons. The van der Waals surface area contributed by atoms with Crippen LogP contribution in [0.1, 0.15) is 10.7 Å². The zero-order valence-corrected chi connectivity index (χ0v) is 13.8. The van der Waals surface area contributed by atoms with Gasteiger partial charge in [0, 0.05) is 41.7 Å². The second-order valence-corrected chi connectivity index (χ2v) is 6.11. The molecule has 0 aliphatic carbocycles. The number of hydrogen-bond donors (Lipinski definition) is 1. The van der Waals surface area contributed by atoms with Gasteiger partial charge in [-0.25, -0.2) is 4.98 Å². The highest BCUT2D eigenvalue weighted by molar-refractivity contribution is 7.10. The van der Waals surface area contributed by atoms with E-state index in [9.17, 15) is 5.26 Å². The summed E-state index contributed by atoms with van der Waals surface area (Å²) in [5.41, 5.74) is 3.61. The number of allylic oxidation sites excluding steroid dienone is 1. The van der Waals surface area contributed by atoms with Crippen LogP contribution >= 0.6 is 11.3 Å².